The highest BCUT2D eigenvalue weighted by atomic mass is 32.1. The van der Waals surface area contributed by atoms with Crippen LogP contribution in [0.5, 0.6) is 0 Å². The van der Waals surface area contributed by atoms with Crippen LogP contribution in [0.1, 0.15) is 25.3 Å². The summed E-state index contributed by atoms with van der Waals surface area (Å²) in [5.41, 5.74) is 2.40. The molecular weight excluding hydrogens is 268 g/mol. The Morgan fingerprint density at radius 1 is 1.45 bits per heavy atom. The van der Waals surface area contributed by atoms with Gasteiger partial charge in [0.1, 0.15) is 0 Å². The van der Waals surface area contributed by atoms with Gasteiger partial charge in [0.2, 0.25) is 0 Å². The van der Waals surface area contributed by atoms with Crippen molar-refractivity contribution in [2.75, 3.05) is 19.6 Å². The minimum Gasteiger partial charge on any atom is -0.311 e. The molecule has 2 aromatic heterocycles. The van der Waals surface area contributed by atoms with Gasteiger partial charge in [-0.15, -0.1) is 11.3 Å². The Balaban J connectivity index is 1.53. The van der Waals surface area contributed by atoms with Crippen LogP contribution in [0.4, 0.5) is 0 Å². The van der Waals surface area contributed by atoms with Gasteiger partial charge in [-0.25, -0.2) is 0 Å². The third kappa shape index (κ3) is 3.11. The lowest BCUT2D eigenvalue weighted by Crippen LogP contribution is -2.38. The average Bonchev–Trinajstić information content (AvgIpc) is 3.20. The molecule has 20 heavy (non-hydrogen) atoms. The van der Waals surface area contributed by atoms with E-state index >= 15 is 0 Å². The summed E-state index contributed by atoms with van der Waals surface area (Å²) >= 11 is 1.75. The van der Waals surface area contributed by atoms with Crippen molar-refractivity contribution in [1.82, 2.24) is 20.4 Å². The second kappa shape index (κ2) is 6.52. The summed E-state index contributed by atoms with van der Waals surface area (Å²) in [4.78, 5) is 3.83. The summed E-state index contributed by atoms with van der Waals surface area (Å²) in [7, 11) is 0. The zero-order valence-electron chi connectivity index (χ0n) is 11.9. The summed E-state index contributed by atoms with van der Waals surface area (Å²) in [6.07, 6.45) is 4.64. The molecular formula is C15H22N4S. The highest BCUT2D eigenvalue weighted by Crippen LogP contribution is 2.25. The number of rotatable bonds is 6. The number of nitrogens with zero attached hydrogens (tertiary/aromatic N) is 2. The summed E-state index contributed by atoms with van der Waals surface area (Å²) in [5.74, 6) is 0. The quantitative estimate of drug-likeness (QED) is 0.860. The van der Waals surface area contributed by atoms with Crippen molar-refractivity contribution in [3.63, 3.8) is 0 Å². The highest BCUT2D eigenvalue weighted by molar-refractivity contribution is 7.13. The molecule has 0 bridgehead atoms. The molecule has 0 aliphatic carbocycles. The van der Waals surface area contributed by atoms with E-state index in [9.17, 15) is 0 Å². The maximum absolute atomic E-state index is 4.18. The Bertz CT molecular complexity index is 514. The molecule has 1 atom stereocenters. The van der Waals surface area contributed by atoms with E-state index in [2.05, 4.69) is 44.9 Å². The van der Waals surface area contributed by atoms with Gasteiger partial charge in [0.15, 0.2) is 0 Å². The Morgan fingerprint density at radius 3 is 3.05 bits per heavy atom. The lowest BCUT2D eigenvalue weighted by Gasteiger charge is -2.23. The molecule has 3 rings (SSSR count). The van der Waals surface area contributed by atoms with Crippen LogP contribution >= 0.6 is 11.3 Å². The van der Waals surface area contributed by atoms with Crippen LogP contribution in [0.3, 0.4) is 0 Å². The van der Waals surface area contributed by atoms with Gasteiger partial charge in [-0.2, -0.15) is 5.10 Å². The number of likely N-dealkylation sites (tertiary alicyclic amines) is 1. The first-order chi connectivity index (χ1) is 9.84. The van der Waals surface area contributed by atoms with E-state index in [0.29, 0.717) is 6.04 Å². The van der Waals surface area contributed by atoms with Crippen molar-refractivity contribution in [2.45, 2.75) is 32.4 Å². The van der Waals surface area contributed by atoms with Crippen molar-refractivity contribution in [2.24, 2.45) is 0 Å². The van der Waals surface area contributed by atoms with E-state index in [4.69, 9.17) is 0 Å². The molecule has 1 fully saturated rings. The molecule has 1 saturated heterocycles. The predicted molar refractivity (Wildman–Crippen MR) is 83.9 cm³/mol. The number of hydrogen-bond acceptors (Lipinski definition) is 4. The summed E-state index contributed by atoms with van der Waals surface area (Å²) in [6.45, 7) is 6.74. The third-order valence-corrected chi connectivity index (χ3v) is 4.89. The number of aromatic amines is 1. The number of thiophene rings is 1. The van der Waals surface area contributed by atoms with Crippen molar-refractivity contribution in [3.8, 4) is 10.6 Å². The standard InChI is InChI=1S/C15H22N4S/c1-12(19-6-2-3-7-19)9-16-10-13-11-17-18-15(13)14-5-4-8-20-14/h4-5,8,11-12,16H,2-3,6-7,9-10H2,1H3,(H,17,18). The van der Waals surface area contributed by atoms with E-state index in [1.807, 2.05) is 6.20 Å². The maximum atomic E-state index is 4.18. The van der Waals surface area contributed by atoms with Crippen LogP contribution in [0, 0.1) is 0 Å². The van der Waals surface area contributed by atoms with Crippen molar-refractivity contribution >= 4 is 11.3 Å². The largest absolute Gasteiger partial charge is 0.311 e. The van der Waals surface area contributed by atoms with Gasteiger partial charge in [-0.05, 0) is 44.3 Å². The molecule has 1 aliphatic rings. The van der Waals surface area contributed by atoms with Crippen LogP contribution in [-0.4, -0.2) is 40.8 Å². The van der Waals surface area contributed by atoms with Crippen LogP contribution in [0.15, 0.2) is 23.7 Å². The maximum Gasteiger partial charge on any atom is 0.0794 e. The number of H-pyrrole nitrogens is 1. The fraction of sp³-hybridized carbons (Fsp3) is 0.533. The highest BCUT2D eigenvalue weighted by Gasteiger charge is 2.17. The second-order valence-electron chi connectivity index (χ2n) is 5.47. The van der Waals surface area contributed by atoms with Gasteiger partial charge in [-0.1, -0.05) is 6.07 Å². The van der Waals surface area contributed by atoms with Gasteiger partial charge in [-0.3, -0.25) is 10.00 Å². The molecule has 0 aromatic carbocycles. The molecule has 108 valence electrons. The van der Waals surface area contributed by atoms with E-state index in [1.165, 1.54) is 36.4 Å². The molecule has 3 heterocycles. The molecule has 0 spiro atoms. The Kier molecular flexibility index (Phi) is 4.50. The van der Waals surface area contributed by atoms with Gasteiger partial charge in [0.25, 0.3) is 0 Å². The predicted octanol–water partition coefficient (Wildman–Crippen LogP) is 2.71. The monoisotopic (exact) mass is 290 g/mol. The Morgan fingerprint density at radius 2 is 2.30 bits per heavy atom. The van der Waals surface area contributed by atoms with Gasteiger partial charge in [0, 0.05) is 24.7 Å². The topological polar surface area (TPSA) is 44.0 Å². The molecule has 2 N–H and O–H groups in total. The van der Waals surface area contributed by atoms with Crippen LogP contribution in [0.25, 0.3) is 10.6 Å². The minimum atomic E-state index is 0.620. The summed E-state index contributed by atoms with van der Waals surface area (Å²) < 4.78 is 0. The molecule has 4 nitrogen and oxygen atoms in total. The average molecular weight is 290 g/mol. The SMILES string of the molecule is CC(CNCc1cn[nH]c1-c1cccs1)N1CCCC1. The minimum absolute atomic E-state index is 0.620. The van der Waals surface area contributed by atoms with Crippen molar-refractivity contribution < 1.29 is 0 Å². The first-order valence-corrected chi connectivity index (χ1v) is 8.23. The molecule has 1 unspecified atom stereocenters. The number of hydrogen-bond donors (Lipinski definition) is 2. The first kappa shape index (κ1) is 13.8. The summed E-state index contributed by atoms with van der Waals surface area (Å²) in [5, 5.41) is 13.0. The smallest absolute Gasteiger partial charge is 0.0794 e. The second-order valence-corrected chi connectivity index (χ2v) is 6.42. The van der Waals surface area contributed by atoms with Crippen LogP contribution in [0.2, 0.25) is 0 Å². The molecule has 0 amide bonds. The van der Waals surface area contributed by atoms with E-state index < -0.39 is 0 Å². The first-order valence-electron chi connectivity index (χ1n) is 7.35. The van der Waals surface area contributed by atoms with Crippen molar-refractivity contribution in [3.05, 3.63) is 29.3 Å². The molecule has 1 aliphatic heterocycles. The molecule has 5 heteroatoms. The lowest BCUT2D eigenvalue weighted by molar-refractivity contribution is 0.251. The number of nitrogens with one attached hydrogen (secondary N) is 2. The zero-order chi connectivity index (χ0) is 13.8. The summed E-state index contributed by atoms with van der Waals surface area (Å²) in [6, 6.07) is 4.83. The Hall–Kier alpha value is -1.17. The fourth-order valence-corrected chi connectivity index (χ4v) is 3.56. The third-order valence-electron chi connectivity index (χ3n) is 4.00. The van der Waals surface area contributed by atoms with E-state index in [1.54, 1.807) is 11.3 Å². The number of aromatic nitrogens is 2. The van der Waals surface area contributed by atoms with Gasteiger partial charge < -0.3 is 5.32 Å². The normalized spacial score (nSPS) is 17.6. The van der Waals surface area contributed by atoms with E-state index in [-0.39, 0.29) is 0 Å². The molecule has 0 saturated carbocycles. The fourth-order valence-electron chi connectivity index (χ4n) is 2.81. The molecule has 0 radical (unpaired) electrons. The Labute approximate surface area is 124 Å². The van der Waals surface area contributed by atoms with Crippen molar-refractivity contribution in [1.29, 1.82) is 0 Å². The van der Waals surface area contributed by atoms with Crippen LogP contribution < -0.4 is 5.32 Å². The van der Waals surface area contributed by atoms with Crippen LogP contribution in [-0.2, 0) is 6.54 Å². The van der Waals surface area contributed by atoms with Gasteiger partial charge >= 0.3 is 0 Å². The van der Waals surface area contributed by atoms with Gasteiger partial charge in [0.05, 0.1) is 16.8 Å². The lowest BCUT2D eigenvalue weighted by atomic mass is 10.2. The molecule has 2 aromatic rings. The zero-order valence-corrected chi connectivity index (χ0v) is 12.7. The van der Waals surface area contributed by atoms with E-state index in [0.717, 1.165) is 18.8 Å².